The van der Waals surface area contributed by atoms with Crippen LogP contribution < -0.4 is 10.9 Å². The molecule has 5 nitrogen and oxygen atoms in total. The number of pyridine rings is 1. The average molecular weight is 303 g/mol. The second-order valence-electron chi connectivity index (χ2n) is 3.95. The lowest BCUT2D eigenvalue weighted by atomic mass is 10.1. The number of amides is 1. The number of nitrogens with one attached hydrogen (secondary N) is 2. The molecule has 94 valence electrons. The zero-order valence-electron chi connectivity index (χ0n) is 9.91. The molecule has 0 saturated carbocycles. The van der Waals surface area contributed by atoms with Crippen molar-refractivity contribution in [2.24, 2.45) is 5.92 Å². The van der Waals surface area contributed by atoms with Gasteiger partial charge >= 0.3 is 0 Å². The van der Waals surface area contributed by atoms with Crippen molar-refractivity contribution in [3.05, 3.63) is 27.1 Å². The molecule has 0 aliphatic carbocycles. The topological polar surface area (TPSA) is 71.2 Å². The van der Waals surface area contributed by atoms with E-state index in [0.29, 0.717) is 4.47 Å². The predicted octanol–water partition coefficient (Wildman–Crippen LogP) is 1.75. The molecule has 2 N–H and O–H groups in total. The van der Waals surface area contributed by atoms with Crippen LogP contribution in [0.25, 0.3) is 0 Å². The highest BCUT2D eigenvalue weighted by Crippen LogP contribution is 2.12. The van der Waals surface area contributed by atoms with Gasteiger partial charge < -0.3 is 15.0 Å². The molecule has 0 radical (unpaired) electrons. The maximum Gasteiger partial charge on any atom is 0.271 e. The normalized spacial score (nSPS) is 12.5. The van der Waals surface area contributed by atoms with Gasteiger partial charge in [0.25, 0.3) is 11.5 Å². The Balaban J connectivity index is 2.87. The fourth-order valence-corrected chi connectivity index (χ4v) is 1.78. The molecule has 0 aliphatic heterocycles. The molecule has 1 atom stereocenters. The van der Waals surface area contributed by atoms with E-state index in [1.165, 1.54) is 13.3 Å². The number of halogens is 1. The Hall–Kier alpha value is -1.14. The van der Waals surface area contributed by atoms with Gasteiger partial charge in [0.05, 0.1) is 0 Å². The molecule has 17 heavy (non-hydrogen) atoms. The van der Waals surface area contributed by atoms with Gasteiger partial charge in [0.2, 0.25) is 0 Å². The Bertz CT molecular complexity index is 456. The summed E-state index contributed by atoms with van der Waals surface area (Å²) in [6.45, 7) is 3.75. The minimum atomic E-state index is -0.576. The van der Waals surface area contributed by atoms with E-state index in [9.17, 15) is 9.59 Å². The number of aromatic nitrogens is 1. The van der Waals surface area contributed by atoms with Crippen LogP contribution in [0.3, 0.4) is 0 Å². The quantitative estimate of drug-likeness (QED) is 0.890. The first-order valence-corrected chi connectivity index (χ1v) is 5.97. The summed E-state index contributed by atoms with van der Waals surface area (Å²) in [7, 11) is 1.47. The molecule has 0 fully saturated rings. The van der Waals surface area contributed by atoms with Crippen molar-refractivity contribution in [1.29, 1.82) is 0 Å². The number of ether oxygens (including phenoxy) is 1. The standard InChI is InChI=1S/C11H15BrN2O3/c1-6(2)9(17-3)11(16)14-8-4-7(12)5-13-10(8)15/h4-6,9H,1-3H3,(H,13,15)(H,14,16). The van der Waals surface area contributed by atoms with Gasteiger partial charge in [-0.25, -0.2) is 0 Å². The minimum Gasteiger partial charge on any atom is -0.371 e. The first kappa shape index (κ1) is 13.9. The van der Waals surface area contributed by atoms with Crippen LogP contribution in [0.15, 0.2) is 21.5 Å². The van der Waals surface area contributed by atoms with Crippen molar-refractivity contribution in [2.45, 2.75) is 20.0 Å². The number of methoxy groups -OCH3 is 1. The van der Waals surface area contributed by atoms with Crippen LogP contribution in [0.2, 0.25) is 0 Å². The van der Waals surface area contributed by atoms with E-state index in [-0.39, 0.29) is 23.1 Å². The van der Waals surface area contributed by atoms with E-state index in [0.717, 1.165) is 0 Å². The van der Waals surface area contributed by atoms with E-state index in [4.69, 9.17) is 4.74 Å². The smallest absolute Gasteiger partial charge is 0.271 e. The Morgan fingerprint density at radius 1 is 1.53 bits per heavy atom. The maximum atomic E-state index is 11.8. The van der Waals surface area contributed by atoms with Crippen molar-refractivity contribution in [3.8, 4) is 0 Å². The monoisotopic (exact) mass is 302 g/mol. The van der Waals surface area contributed by atoms with E-state index >= 15 is 0 Å². The van der Waals surface area contributed by atoms with Gasteiger partial charge in [-0.15, -0.1) is 0 Å². The molecule has 0 bridgehead atoms. The highest BCUT2D eigenvalue weighted by molar-refractivity contribution is 9.10. The number of rotatable bonds is 4. The lowest BCUT2D eigenvalue weighted by Crippen LogP contribution is -2.35. The van der Waals surface area contributed by atoms with E-state index in [1.807, 2.05) is 13.8 Å². The summed E-state index contributed by atoms with van der Waals surface area (Å²) < 4.78 is 5.77. The van der Waals surface area contributed by atoms with Crippen LogP contribution in [0.1, 0.15) is 13.8 Å². The summed E-state index contributed by atoms with van der Waals surface area (Å²) in [5.74, 6) is -0.294. The number of H-pyrrole nitrogens is 1. The molecule has 0 spiro atoms. The third kappa shape index (κ3) is 3.67. The van der Waals surface area contributed by atoms with Gasteiger partial charge in [0, 0.05) is 17.8 Å². The third-order valence-electron chi connectivity index (χ3n) is 2.24. The summed E-state index contributed by atoms with van der Waals surface area (Å²) in [5.41, 5.74) is -0.146. The minimum absolute atomic E-state index is 0.0336. The van der Waals surface area contributed by atoms with E-state index in [2.05, 4.69) is 26.2 Å². The van der Waals surface area contributed by atoms with Crippen LogP contribution in [-0.4, -0.2) is 24.1 Å². The number of carbonyl (C=O) groups excluding carboxylic acids is 1. The Morgan fingerprint density at radius 2 is 2.18 bits per heavy atom. The number of aromatic amines is 1. The molecule has 1 aromatic heterocycles. The number of hydrogen-bond acceptors (Lipinski definition) is 3. The predicted molar refractivity (Wildman–Crippen MR) is 69.0 cm³/mol. The van der Waals surface area contributed by atoms with Crippen LogP contribution in [-0.2, 0) is 9.53 Å². The van der Waals surface area contributed by atoms with Crippen molar-refractivity contribution in [3.63, 3.8) is 0 Å². The van der Waals surface area contributed by atoms with Gasteiger partial charge in [-0.1, -0.05) is 13.8 Å². The number of hydrogen-bond donors (Lipinski definition) is 2. The molecular formula is C11H15BrN2O3. The molecule has 1 heterocycles. The Labute approximate surface area is 108 Å². The molecule has 1 rings (SSSR count). The first-order chi connectivity index (χ1) is 7.95. The Morgan fingerprint density at radius 3 is 2.71 bits per heavy atom. The summed E-state index contributed by atoms with van der Waals surface area (Å²) in [4.78, 5) is 25.8. The highest BCUT2D eigenvalue weighted by atomic mass is 79.9. The fourth-order valence-electron chi connectivity index (χ4n) is 1.44. The summed E-state index contributed by atoms with van der Waals surface area (Å²) in [5, 5.41) is 2.55. The fraction of sp³-hybridized carbons (Fsp3) is 0.455. The molecule has 6 heteroatoms. The van der Waals surface area contributed by atoms with Crippen molar-refractivity contribution < 1.29 is 9.53 Å². The third-order valence-corrected chi connectivity index (χ3v) is 2.70. The second-order valence-corrected chi connectivity index (χ2v) is 4.87. The van der Waals surface area contributed by atoms with Crippen LogP contribution in [0.4, 0.5) is 5.69 Å². The van der Waals surface area contributed by atoms with Gasteiger partial charge in [0.1, 0.15) is 11.8 Å². The van der Waals surface area contributed by atoms with Crippen LogP contribution >= 0.6 is 15.9 Å². The maximum absolute atomic E-state index is 11.8. The molecule has 0 aromatic carbocycles. The Kier molecular flexibility index (Phi) is 4.89. The average Bonchev–Trinajstić information content (AvgIpc) is 2.24. The summed E-state index contributed by atoms with van der Waals surface area (Å²) in [6.07, 6.45) is 0.933. The summed E-state index contributed by atoms with van der Waals surface area (Å²) in [6, 6.07) is 1.55. The SMILES string of the molecule is COC(C(=O)Nc1cc(Br)c[nH]c1=O)C(C)C. The van der Waals surface area contributed by atoms with Crippen molar-refractivity contribution in [2.75, 3.05) is 12.4 Å². The van der Waals surface area contributed by atoms with Crippen molar-refractivity contribution >= 4 is 27.5 Å². The van der Waals surface area contributed by atoms with Gasteiger partial charge in [-0.3, -0.25) is 9.59 Å². The lowest BCUT2D eigenvalue weighted by Gasteiger charge is -2.18. The lowest BCUT2D eigenvalue weighted by molar-refractivity contribution is -0.128. The molecule has 1 amide bonds. The van der Waals surface area contributed by atoms with Gasteiger partial charge in [-0.05, 0) is 27.9 Å². The zero-order valence-corrected chi connectivity index (χ0v) is 11.5. The van der Waals surface area contributed by atoms with E-state index < -0.39 is 6.10 Å². The highest BCUT2D eigenvalue weighted by Gasteiger charge is 2.22. The summed E-state index contributed by atoms with van der Waals surface area (Å²) >= 11 is 3.22. The molecule has 1 unspecified atom stereocenters. The van der Waals surface area contributed by atoms with Crippen molar-refractivity contribution in [1.82, 2.24) is 4.98 Å². The molecule has 0 aliphatic rings. The van der Waals surface area contributed by atoms with Gasteiger partial charge in [-0.2, -0.15) is 0 Å². The first-order valence-electron chi connectivity index (χ1n) is 5.17. The van der Waals surface area contributed by atoms with Gasteiger partial charge in [0.15, 0.2) is 0 Å². The largest absolute Gasteiger partial charge is 0.371 e. The molecule has 1 aromatic rings. The molecular weight excluding hydrogens is 288 g/mol. The zero-order chi connectivity index (χ0) is 13.0. The van der Waals surface area contributed by atoms with Crippen LogP contribution in [0.5, 0.6) is 0 Å². The second kappa shape index (κ2) is 5.97. The molecule has 0 saturated heterocycles. The van der Waals surface area contributed by atoms with E-state index in [1.54, 1.807) is 6.07 Å². The number of carbonyl (C=O) groups is 1. The van der Waals surface area contributed by atoms with Crippen LogP contribution in [0, 0.1) is 5.92 Å². The number of anilines is 1.